The summed E-state index contributed by atoms with van der Waals surface area (Å²) in [6.45, 7) is 1.45. The third-order valence-electron chi connectivity index (χ3n) is 6.63. The van der Waals surface area contributed by atoms with E-state index in [4.69, 9.17) is 10.7 Å². The molecule has 3 heterocycles. The number of hydrogen-bond acceptors (Lipinski definition) is 7. The molecule has 1 aliphatic rings. The number of piperidine rings is 1. The van der Waals surface area contributed by atoms with Crippen LogP contribution >= 0.6 is 0 Å². The van der Waals surface area contributed by atoms with E-state index in [1.165, 1.54) is 0 Å². The average Bonchev–Trinajstić information content (AvgIpc) is 3.29. The molecule has 5 rings (SSSR count). The summed E-state index contributed by atoms with van der Waals surface area (Å²) in [6, 6.07) is 16.7. The number of aromatic nitrogens is 4. The number of rotatable bonds is 6. The molecule has 1 aliphatic heterocycles. The Morgan fingerprint density at radius 3 is 2.66 bits per heavy atom. The van der Waals surface area contributed by atoms with Crippen LogP contribution < -0.4 is 16.0 Å². The molecule has 3 N–H and O–H groups in total. The van der Waals surface area contributed by atoms with Crippen LogP contribution in [-0.4, -0.2) is 63.0 Å². The van der Waals surface area contributed by atoms with Crippen LogP contribution in [0.2, 0.25) is 0 Å². The van der Waals surface area contributed by atoms with Gasteiger partial charge in [-0.25, -0.2) is 9.97 Å². The molecular formula is C26H30N8O. The molecule has 4 aromatic rings. The Morgan fingerprint density at radius 1 is 1.14 bits per heavy atom. The highest BCUT2D eigenvalue weighted by atomic mass is 16.2. The van der Waals surface area contributed by atoms with Crippen LogP contribution in [0.1, 0.15) is 12.8 Å². The van der Waals surface area contributed by atoms with Gasteiger partial charge in [-0.3, -0.25) is 4.79 Å². The number of fused-ring (bicyclic) bond motifs is 1. The molecule has 0 aliphatic carbocycles. The van der Waals surface area contributed by atoms with E-state index in [1.54, 1.807) is 6.20 Å². The molecule has 0 spiro atoms. The zero-order valence-electron chi connectivity index (χ0n) is 20.1. The van der Waals surface area contributed by atoms with E-state index in [9.17, 15) is 4.79 Å². The maximum atomic E-state index is 11.8. The van der Waals surface area contributed by atoms with Crippen LogP contribution in [-0.2, 0) is 11.8 Å². The number of amides is 1. The van der Waals surface area contributed by atoms with Crippen molar-refractivity contribution in [1.82, 2.24) is 24.4 Å². The number of nitrogens with zero attached hydrogens (tertiary/aromatic N) is 6. The van der Waals surface area contributed by atoms with Gasteiger partial charge in [0.15, 0.2) is 0 Å². The number of hydrogen-bond donors (Lipinski definition) is 2. The highest BCUT2D eigenvalue weighted by Crippen LogP contribution is 2.34. The van der Waals surface area contributed by atoms with Crippen molar-refractivity contribution in [2.75, 3.05) is 36.9 Å². The summed E-state index contributed by atoms with van der Waals surface area (Å²) in [5.74, 6) is 1.38. The molecule has 1 saturated heterocycles. The topological polar surface area (TPSA) is 105 Å². The Balaban J connectivity index is 1.39. The van der Waals surface area contributed by atoms with Crippen LogP contribution in [0, 0.1) is 0 Å². The lowest BCUT2D eigenvalue weighted by atomic mass is 10.0. The van der Waals surface area contributed by atoms with E-state index in [1.807, 2.05) is 54.2 Å². The number of likely N-dealkylation sites (tertiary alicyclic amines) is 1. The van der Waals surface area contributed by atoms with Crippen molar-refractivity contribution in [1.29, 1.82) is 0 Å². The standard InChI is InChI=1S/C26H30N8O/c1-32-17-29-25-21(18-6-4-3-5-7-18)14-20(15-22(25)32)33(2)23-8-11-28-26(31-23)30-19-9-12-34(13-10-19)24(35)16-27/h3-8,11,14-15,17,19H,9-10,12-13,16,27H2,1-2H3,(H,28,30,31). The first kappa shape index (κ1) is 22.8. The Hall–Kier alpha value is -3.98. The first-order chi connectivity index (χ1) is 17.0. The molecule has 2 aromatic carbocycles. The lowest BCUT2D eigenvalue weighted by molar-refractivity contribution is -0.130. The first-order valence-electron chi connectivity index (χ1n) is 11.8. The van der Waals surface area contributed by atoms with E-state index in [-0.39, 0.29) is 18.5 Å². The zero-order chi connectivity index (χ0) is 24.4. The zero-order valence-corrected chi connectivity index (χ0v) is 20.1. The number of nitrogens with two attached hydrogens (primary N) is 1. The van der Waals surface area contributed by atoms with Gasteiger partial charge in [-0.2, -0.15) is 4.98 Å². The second-order valence-corrected chi connectivity index (χ2v) is 8.88. The number of benzene rings is 2. The summed E-state index contributed by atoms with van der Waals surface area (Å²) >= 11 is 0. The number of carbonyl (C=O) groups is 1. The van der Waals surface area contributed by atoms with Gasteiger partial charge >= 0.3 is 0 Å². The van der Waals surface area contributed by atoms with Crippen molar-refractivity contribution in [3.63, 3.8) is 0 Å². The van der Waals surface area contributed by atoms with Crippen molar-refractivity contribution in [3.05, 3.63) is 61.1 Å². The van der Waals surface area contributed by atoms with Crippen molar-refractivity contribution >= 4 is 34.4 Å². The van der Waals surface area contributed by atoms with Crippen molar-refractivity contribution in [2.24, 2.45) is 12.8 Å². The van der Waals surface area contributed by atoms with Crippen LogP contribution in [0.15, 0.2) is 61.1 Å². The van der Waals surface area contributed by atoms with Crippen LogP contribution in [0.5, 0.6) is 0 Å². The van der Waals surface area contributed by atoms with Crippen molar-refractivity contribution in [3.8, 4) is 11.1 Å². The van der Waals surface area contributed by atoms with Gasteiger partial charge in [0, 0.05) is 50.7 Å². The average molecular weight is 471 g/mol. The quantitative estimate of drug-likeness (QED) is 0.446. The van der Waals surface area contributed by atoms with Crippen LogP contribution in [0.4, 0.5) is 17.5 Å². The molecule has 35 heavy (non-hydrogen) atoms. The van der Waals surface area contributed by atoms with Crippen molar-refractivity contribution in [2.45, 2.75) is 18.9 Å². The minimum atomic E-state index is 0.00332. The molecule has 0 bridgehead atoms. The Kier molecular flexibility index (Phi) is 6.33. The number of aryl methyl sites for hydroxylation is 1. The summed E-state index contributed by atoms with van der Waals surface area (Å²) in [4.78, 5) is 29.6. The van der Waals surface area contributed by atoms with Crippen LogP contribution in [0.25, 0.3) is 22.2 Å². The lowest BCUT2D eigenvalue weighted by Gasteiger charge is -2.32. The Bertz CT molecular complexity index is 1330. The van der Waals surface area contributed by atoms with Crippen molar-refractivity contribution < 1.29 is 4.79 Å². The second kappa shape index (κ2) is 9.71. The third kappa shape index (κ3) is 4.67. The minimum absolute atomic E-state index is 0.00332. The molecule has 9 heteroatoms. The van der Waals surface area contributed by atoms with E-state index in [0.29, 0.717) is 19.0 Å². The van der Waals surface area contributed by atoms with E-state index >= 15 is 0 Å². The molecule has 1 fully saturated rings. The Labute approximate surface area is 204 Å². The maximum absolute atomic E-state index is 11.8. The number of imidazole rings is 1. The number of anilines is 3. The fourth-order valence-corrected chi connectivity index (χ4v) is 4.57. The largest absolute Gasteiger partial charge is 0.351 e. The normalized spacial score (nSPS) is 14.3. The van der Waals surface area contributed by atoms with Gasteiger partial charge in [0.2, 0.25) is 11.9 Å². The number of carbonyl (C=O) groups excluding carboxylic acids is 1. The maximum Gasteiger partial charge on any atom is 0.236 e. The fourth-order valence-electron chi connectivity index (χ4n) is 4.57. The fraction of sp³-hybridized carbons (Fsp3) is 0.308. The summed E-state index contributed by atoms with van der Waals surface area (Å²) in [6.07, 6.45) is 5.30. The van der Waals surface area contributed by atoms with Gasteiger partial charge in [0.05, 0.1) is 23.9 Å². The number of nitrogens with one attached hydrogen (secondary N) is 1. The van der Waals surface area contributed by atoms with Gasteiger partial charge in [-0.15, -0.1) is 0 Å². The van der Waals surface area contributed by atoms with Gasteiger partial charge in [0.1, 0.15) is 5.82 Å². The SMILES string of the molecule is CN(c1cc(-c2ccccc2)c2ncn(C)c2c1)c1ccnc(NC2CCN(C(=O)CN)CC2)n1. The lowest BCUT2D eigenvalue weighted by Crippen LogP contribution is -2.44. The molecule has 9 nitrogen and oxygen atoms in total. The molecule has 2 aromatic heterocycles. The predicted octanol–water partition coefficient (Wildman–Crippen LogP) is 3.16. The summed E-state index contributed by atoms with van der Waals surface area (Å²) in [5, 5.41) is 3.44. The molecular weight excluding hydrogens is 440 g/mol. The van der Waals surface area contributed by atoms with Gasteiger partial charge < -0.3 is 25.4 Å². The smallest absolute Gasteiger partial charge is 0.236 e. The van der Waals surface area contributed by atoms with E-state index in [0.717, 1.165) is 46.5 Å². The molecule has 1 amide bonds. The summed E-state index contributed by atoms with van der Waals surface area (Å²) < 4.78 is 2.04. The first-order valence-corrected chi connectivity index (χ1v) is 11.8. The molecule has 0 radical (unpaired) electrons. The molecule has 0 atom stereocenters. The highest BCUT2D eigenvalue weighted by Gasteiger charge is 2.22. The van der Waals surface area contributed by atoms with Gasteiger partial charge in [0.25, 0.3) is 0 Å². The monoisotopic (exact) mass is 470 g/mol. The Morgan fingerprint density at radius 2 is 1.91 bits per heavy atom. The molecule has 180 valence electrons. The highest BCUT2D eigenvalue weighted by molar-refractivity contribution is 5.95. The van der Waals surface area contributed by atoms with E-state index in [2.05, 4.69) is 44.5 Å². The van der Waals surface area contributed by atoms with Crippen LogP contribution in [0.3, 0.4) is 0 Å². The molecule has 0 unspecified atom stereocenters. The molecule has 0 saturated carbocycles. The predicted molar refractivity (Wildman–Crippen MR) is 139 cm³/mol. The third-order valence-corrected chi connectivity index (χ3v) is 6.63. The van der Waals surface area contributed by atoms with Gasteiger partial charge in [-0.1, -0.05) is 30.3 Å². The second-order valence-electron chi connectivity index (χ2n) is 8.88. The summed E-state index contributed by atoms with van der Waals surface area (Å²) in [5.41, 5.74) is 10.7. The summed E-state index contributed by atoms with van der Waals surface area (Å²) in [7, 11) is 4.02. The minimum Gasteiger partial charge on any atom is -0.351 e. The van der Waals surface area contributed by atoms with Gasteiger partial charge in [-0.05, 0) is 36.6 Å². The van der Waals surface area contributed by atoms with E-state index < -0.39 is 0 Å².